The van der Waals surface area contributed by atoms with Gasteiger partial charge in [0.15, 0.2) is 6.61 Å². The third kappa shape index (κ3) is 5.62. The fraction of sp³-hybridized carbons (Fsp3) is 0.250. The summed E-state index contributed by atoms with van der Waals surface area (Å²) in [4.78, 5) is 37.0. The van der Waals surface area contributed by atoms with E-state index >= 15 is 0 Å². The summed E-state index contributed by atoms with van der Waals surface area (Å²) in [6.45, 7) is 5.08. The third-order valence-electron chi connectivity index (χ3n) is 4.97. The number of nitrogens with zero attached hydrogens (tertiary/aromatic N) is 2. The lowest BCUT2D eigenvalue weighted by Gasteiger charge is -2.15. The monoisotopic (exact) mass is 453 g/mol. The molecular formula is C24H24ClN3O4. The molecule has 2 aromatic carbocycles. The highest BCUT2D eigenvalue weighted by atomic mass is 35.5. The highest BCUT2D eigenvalue weighted by Gasteiger charge is 2.19. The van der Waals surface area contributed by atoms with E-state index in [0.29, 0.717) is 16.4 Å². The molecule has 0 aliphatic rings. The molecule has 1 unspecified atom stereocenters. The van der Waals surface area contributed by atoms with Crippen LogP contribution in [0.4, 0.5) is 0 Å². The Morgan fingerprint density at radius 3 is 2.41 bits per heavy atom. The molecular weight excluding hydrogens is 430 g/mol. The summed E-state index contributed by atoms with van der Waals surface area (Å²) in [6, 6.07) is 15.7. The molecule has 32 heavy (non-hydrogen) atoms. The summed E-state index contributed by atoms with van der Waals surface area (Å²) >= 11 is 5.91. The minimum atomic E-state index is -0.965. The van der Waals surface area contributed by atoms with E-state index in [4.69, 9.17) is 16.3 Å². The van der Waals surface area contributed by atoms with Gasteiger partial charge in [-0.2, -0.15) is 5.10 Å². The number of benzene rings is 2. The van der Waals surface area contributed by atoms with E-state index in [2.05, 4.69) is 17.3 Å². The van der Waals surface area contributed by atoms with Crippen molar-refractivity contribution in [1.82, 2.24) is 15.1 Å². The molecule has 1 aromatic heterocycles. The standard InChI is InChI=1S/C24H24ClN3O4/c1-4-17-5-7-18(8-6-17)16(3)26-22(30)14-32-24(31)23-21(29)13-15(2)28(27-23)20-11-9-19(25)10-12-20/h5-13,16H,4,14H2,1-3H3,(H,26,30). The first kappa shape index (κ1) is 23.2. The largest absolute Gasteiger partial charge is 0.451 e. The van der Waals surface area contributed by atoms with E-state index in [1.54, 1.807) is 31.2 Å². The van der Waals surface area contributed by atoms with Gasteiger partial charge in [0.1, 0.15) is 0 Å². The number of ether oxygens (including phenoxy) is 1. The second-order valence-electron chi connectivity index (χ2n) is 7.35. The van der Waals surface area contributed by atoms with Gasteiger partial charge < -0.3 is 10.1 Å². The third-order valence-corrected chi connectivity index (χ3v) is 5.22. The summed E-state index contributed by atoms with van der Waals surface area (Å²) in [5, 5.41) is 7.45. The highest BCUT2D eigenvalue weighted by Crippen LogP contribution is 2.15. The number of hydrogen-bond donors (Lipinski definition) is 1. The summed E-state index contributed by atoms with van der Waals surface area (Å²) < 4.78 is 6.49. The van der Waals surface area contributed by atoms with Crippen molar-refractivity contribution >= 4 is 23.5 Å². The lowest BCUT2D eigenvalue weighted by molar-refractivity contribution is -0.124. The molecule has 166 valence electrons. The fourth-order valence-electron chi connectivity index (χ4n) is 3.14. The average Bonchev–Trinajstić information content (AvgIpc) is 2.78. The number of hydrogen-bond acceptors (Lipinski definition) is 5. The molecule has 0 spiro atoms. The number of halogens is 1. The minimum Gasteiger partial charge on any atom is -0.451 e. The number of esters is 1. The fourth-order valence-corrected chi connectivity index (χ4v) is 3.27. The molecule has 0 bridgehead atoms. The predicted molar refractivity (Wildman–Crippen MR) is 122 cm³/mol. The Hall–Kier alpha value is -3.45. The Bertz CT molecular complexity index is 1170. The van der Waals surface area contributed by atoms with Gasteiger partial charge in [-0.25, -0.2) is 9.48 Å². The van der Waals surface area contributed by atoms with Crippen molar-refractivity contribution in [2.45, 2.75) is 33.2 Å². The second kappa shape index (κ2) is 10.2. The zero-order valence-corrected chi connectivity index (χ0v) is 18.8. The van der Waals surface area contributed by atoms with Gasteiger partial charge >= 0.3 is 5.97 Å². The molecule has 0 radical (unpaired) electrons. The molecule has 0 aliphatic carbocycles. The van der Waals surface area contributed by atoms with Gasteiger partial charge in [-0.1, -0.05) is 42.8 Å². The maximum atomic E-state index is 12.4. The molecule has 0 saturated carbocycles. The van der Waals surface area contributed by atoms with Crippen molar-refractivity contribution in [1.29, 1.82) is 0 Å². The Morgan fingerprint density at radius 2 is 1.78 bits per heavy atom. The average molecular weight is 454 g/mol. The van der Waals surface area contributed by atoms with Crippen molar-refractivity contribution in [3.05, 3.63) is 92.4 Å². The second-order valence-corrected chi connectivity index (χ2v) is 7.78. The van der Waals surface area contributed by atoms with Crippen molar-refractivity contribution in [3.8, 4) is 5.69 Å². The number of aryl methyl sites for hydroxylation is 2. The predicted octanol–water partition coefficient (Wildman–Crippen LogP) is 3.79. The van der Waals surface area contributed by atoms with Crippen LogP contribution in [0.15, 0.2) is 59.4 Å². The van der Waals surface area contributed by atoms with E-state index in [9.17, 15) is 14.4 Å². The number of aromatic nitrogens is 2. The molecule has 3 rings (SSSR count). The van der Waals surface area contributed by atoms with E-state index in [-0.39, 0.29) is 6.04 Å². The van der Waals surface area contributed by atoms with Crippen molar-refractivity contribution in [2.75, 3.05) is 6.61 Å². The van der Waals surface area contributed by atoms with Crippen molar-refractivity contribution < 1.29 is 14.3 Å². The van der Waals surface area contributed by atoms with Crippen LogP contribution in [0.3, 0.4) is 0 Å². The maximum Gasteiger partial charge on any atom is 0.363 e. The maximum absolute atomic E-state index is 12.4. The lowest BCUT2D eigenvalue weighted by Crippen LogP contribution is -2.32. The quantitative estimate of drug-likeness (QED) is 0.549. The molecule has 3 aromatic rings. The first-order valence-electron chi connectivity index (χ1n) is 10.2. The highest BCUT2D eigenvalue weighted by molar-refractivity contribution is 6.30. The smallest absolute Gasteiger partial charge is 0.363 e. The van der Waals surface area contributed by atoms with Gasteiger partial charge in [-0.15, -0.1) is 0 Å². The van der Waals surface area contributed by atoms with Crippen LogP contribution in [0.2, 0.25) is 5.02 Å². The van der Waals surface area contributed by atoms with Gasteiger partial charge in [-0.3, -0.25) is 9.59 Å². The van der Waals surface area contributed by atoms with Crippen LogP contribution in [0.25, 0.3) is 5.69 Å². The van der Waals surface area contributed by atoms with E-state index in [1.165, 1.54) is 16.3 Å². The van der Waals surface area contributed by atoms with Crippen molar-refractivity contribution in [2.24, 2.45) is 0 Å². The first-order chi connectivity index (χ1) is 15.3. The molecule has 7 nitrogen and oxygen atoms in total. The normalized spacial score (nSPS) is 11.6. The van der Waals surface area contributed by atoms with Crippen LogP contribution < -0.4 is 10.7 Å². The molecule has 1 atom stereocenters. The van der Waals surface area contributed by atoms with E-state index in [0.717, 1.165) is 12.0 Å². The summed E-state index contributed by atoms with van der Waals surface area (Å²) in [7, 11) is 0. The Morgan fingerprint density at radius 1 is 1.12 bits per heavy atom. The molecule has 0 fully saturated rings. The SMILES string of the molecule is CCc1ccc(C(C)NC(=O)COC(=O)c2nn(-c3ccc(Cl)cc3)c(C)cc2=O)cc1. The van der Waals surface area contributed by atoms with Crippen molar-refractivity contribution in [3.63, 3.8) is 0 Å². The van der Waals surface area contributed by atoms with Crippen LogP contribution in [0, 0.1) is 6.92 Å². The van der Waals surface area contributed by atoms with Crippen LogP contribution in [0.1, 0.15) is 47.2 Å². The number of amides is 1. The number of nitrogens with one attached hydrogen (secondary N) is 1. The lowest BCUT2D eigenvalue weighted by atomic mass is 10.1. The first-order valence-corrected chi connectivity index (χ1v) is 10.6. The summed E-state index contributed by atoms with van der Waals surface area (Å²) in [5.41, 5.74) is 2.32. The van der Waals surface area contributed by atoms with E-state index in [1.807, 2.05) is 31.2 Å². The Kier molecular flexibility index (Phi) is 7.43. The number of rotatable bonds is 7. The summed E-state index contributed by atoms with van der Waals surface area (Å²) in [5.74, 6) is -1.44. The van der Waals surface area contributed by atoms with Gasteiger partial charge in [0, 0.05) is 16.8 Å². The number of carbonyl (C=O) groups is 2. The van der Waals surface area contributed by atoms with Gasteiger partial charge in [0.2, 0.25) is 11.1 Å². The summed E-state index contributed by atoms with van der Waals surface area (Å²) in [6.07, 6.45) is 0.934. The Labute approximate surface area is 191 Å². The molecule has 1 amide bonds. The zero-order chi connectivity index (χ0) is 23.3. The van der Waals surface area contributed by atoms with Gasteiger partial charge in [0.05, 0.1) is 11.7 Å². The molecule has 1 N–H and O–H groups in total. The van der Waals surface area contributed by atoms with Crippen LogP contribution >= 0.6 is 11.6 Å². The number of carbonyl (C=O) groups excluding carboxylic acids is 2. The molecule has 0 aliphatic heterocycles. The molecule has 1 heterocycles. The van der Waals surface area contributed by atoms with Crippen LogP contribution in [-0.2, 0) is 16.0 Å². The minimum absolute atomic E-state index is 0.258. The molecule has 8 heteroatoms. The van der Waals surface area contributed by atoms with Gasteiger partial charge in [-0.05, 0) is 55.7 Å². The topological polar surface area (TPSA) is 90.3 Å². The van der Waals surface area contributed by atoms with Crippen LogP contribution in [0.5, 0.6) is 0 Å². The van der Waals surface area contributed by atoms with E-state index < -0.39 is 29.6 Å². The molecule has 0 saturated heterocycles. The van der Waals surface area contributed by atoms with Gasteiger partial charge in [0.25, 0.3) is 5.91 Å². The van der Waals surface area contributed by atoms with Crippen LogP contribution in [-0.4, -0.2) is 28.3 Å². The zero-order valence-electron chi connectivity index (χ0n) is 18.1. The Balaban J connectivity index is 1.66.